The summed E-state index contributed by atoms with van der Waals surface area (Å²) >= 11 is 5.80. The van der Waals surface area contributed by atoms with Crippen LogP contribution in [0.15, 0.2) is 48.5 Å². The first-order chi connectivity index (χ1) is 11.1. The molecule has 0 bridgehead atoms. The van der Waals surface area contributed by atoms with Crippen molar-refractivity contribution in [3.8, 4) is 5.75 Å². The Hall–Kier alpha value is -2.20. The monoisotopic (exact) mass is 332 g/mol. The summed E-state index contributed by atoms with van der Waals surface area (Å²) in [5.41, 5.74) is 1.78. The molecule has 0 aliphatic carbocycles. The quantitative estimate of drug-likeness (QED) is 0.781. The molecule has 2 aromatic rings. The Bertz CT molecular complexity index is 626. The molecule has 1 unspecified atom stereocenters. The topological polar surface area (TPSA) is 50.4 Å². The molecular formula is C18H21ClN2O2. The van der Waals surface area contributed by atoms with Gasteiger partial charge in [0.1, 0.15) is 5.75 Å². The van der Waals surface area contributed by atoms with Crippen molar-refractivity contribution < 1.29 is 9.53 Å². The van der Waals surface area contributed by atoms with Gasteiger partial charge < -0.3 is 15.4 Å². The van der Waals surface area contributed by atoms with E-state index in [2.05, 4.69) is 24.5 Å². The fraction of sp³-hybridized carbons (Fsp3) is 0.278. The lowest BCUT2D eigenvalue weighted by Crippen LogP contribution is -2.20. The second kappa shape index (κ2) is 8.44. The minimum atomic E-state index is -0.206. The SMILES string of the molecule is CCC(C)Nc1ccc(NC(=O)COc2ccc(Cl)cc2)cc1. The van der Waals surface area contributed by atoms with E-state index in [1.54, 1.807) is 24.3 Å². The van der Waals surface area contributed by atoms with Crippen LogP contribution in [0.1, 0.15) is 20.3 Å². The van der Waals surface area contributed by atoms with Gasteiger partial charge in [-0.25, -0.2) is 0 Å². The summed E-state index contributed by atoms with van der Waals surface area (Å²) < 4.78 is 5.40. The Morgan fingerprint density at radius 1 is 1.09 bits per heavy atom. The van der Waals surface area contributed by atoms with Crippen molar-refractivity contribution >= 4 is 28.9 Å². The second-order valence-electron chi connectivity index (χ2n) is 5.32. The molecular weight excluding hydrogens is 312 g/mol. The van der Waals surface area contributed by atoms with Crippen LogP contribution in [0.4, 0.5) is 11.4 Å². The fourth-order valence-corrected chi connectivity index (χ4v) is 2.04. The minimum Gasteiger partial charge on any atom is -0.484 e. The highest BCUT2D eigenvalue weighted by molar-refractivity contribution is 6.30. The summed E-state index contributed by atoms with van der Waals surface area (Å²) in [7, 11) is 0. The number of halogens is 1. The van der Waals surface area contributed by atoms with Crippen molar-refractivity contribution in [3.05, 3.63) is 53.6 Å². The average molecular weight is 333 g/mol. The summed E-state index contributed by atoms with van der Waals surface area (Å²) in [6.07, 6.45) is 1.06. The van der Waals surface area contributed by atoms with Crippen LogP contribution in [-0.4, -0.2) is 18.6 Å². The van der Waals surface area contributed by atoms with Gasteiger partial charge in [-0.3, -0.25) is 4.79 Å². The molecule has 0 radical (unpaired) electrons. The number of anilines is 2. The number of rotatable bonds is 7. The van der Waals surface area contributed by atoms with Crippen LogP contribution < -0.4 is 15.4 Å². The lowest BCUT2D eigenvalue weighted by molar-refractivity contribution is -0.118. The number of benzene rings is 2. The summed E-state index contributed by atoms with van der Waals surface area (Å²) in [5.74, 6) is 0.403. The maximum absolute atomic E-state index is 11.9. The molecule has 0 saturated heterocycles. The average Bonchev–Trinajstić information content (AvgIpc) is 2.56. The molecule has 2 aromatic carbocycles. The molecule has 0 aromatic heterocycles. The summed E-state index contributed by atoms with van der Waals surface area (Å²) in [4.78, 5) is 11.9. The fourth-order valence-electron chi connectivity index (χ4n) is 1.91. The Labute approximate surface area is 141 Å². The van der Waals surface area contributed by atoms with Crippen molar-refractivity contribution in [3.63, 3.8) is 0 Å². The van der Waals surface area contributed by atoms with Gasteiger partial charge in [-0.1, -0.05) is 18.5 Å². The molecule has 2 rings (SSSR count). The smallest absolute Gasteiger partial charge is 0.262 e. The van der Waals surface area contributed by atoms with Gasteiger partial charge in [0.15, 0.2) is 6.61 Å². The molecule has 0 spiro atoms. The Balaban J connectivity index is 1.81. The van der Waals surface area contributed by atoms with E-state index < -0.39 is 0 Å². The normalized spacial score (nSPS) is 11.6. The van der Waals surface area contributed by atoms with Crippen LogP contribution in [0, 0.1) is 0 Å². The van der Waals surface area contributed by atoms with Crippen molar-refractivity contribution in [2.75, 3.05) is 17.2 Å². The number of amides is 1. The maximum atomic E-state index is 11.9. The van der Waals surface area contributed by atoms with Crippen molar-refractivity contribution in [1.29, 1.82) is 0 Å². The summed E-state index contributed by atoms with van der Waals surface area (Å²) in [5, 5.41) is 6.81. The van der Waals surface area contributed by atoms with Gasteiger partial charge in [0.05, 0.1) is 0 Å². The Kier molecular flexibility index (Phi) is 6.29. The van der Waals surface area contributed by atoms with Crippen LogP contribution in [0.2, 0.25) is 5.02 Å². The third-order valence-corrected chi connectivity index (χ3v) is 3.63. The van der Waals surface area contributed by atoms with E-state index >= 15 is 0 Å². The van der Waals surface area contributed by atoms with Gasteiger partial charge in [0, 0.05) is 22.4 Å². The Morgan fingerprint density at radius 2 is 1.70 bits per heavy atom. The highest BCUT2D eigenvalue weighted by Crippen LogP contribution is 2.17. The highest BCUT2D eigenvalue weighted by Gasteiger charge is 2.05. The van der Waals surface area contributed by atoms with Gasteiger partial charge in [0.25, 0.3) is 5.91 Å². The molecule has 0 aliphatic rings. The van der Waals surface area contributed by atoms with Crippen LogP contribution in [0.5, 0.6) is 5.75 Å². The number of ether oxygens (including phenoxy) is 1. The zero-order valence-electron chi connectivity index (χ0n) is 13.3. The highest BCUT2D eigenvalue weighted by atomic mass is 35.5. The molecule has 2 N–H and O–H groups in total. The van der Waals surface area contributed by atoms with Crippen molar-refractivity contribution in [2.24, 2.45) is 0 Å². The molecule has 1 atom stereocenters. The van der Waals surface area contributed by atoms with Gasteiger partial charge in [-0.05, 0) is 61.9 Å². The first-order valence-corrected chi connectivity index (χ1v) is 7.99. The molecule has 0 heterocycles. The summed E-state index contributed by atoms with van der Waals surface area (Å²) in [6.45, 7) is 4.21. The van der Waals surface area contributed by atoms with Gasteiger partial charge in [-0.15, -0.1) is 0 Å². The molecule has 4 nitrogen and oxygen atoms in total. The molecule has 0 saturated carbocycles. The third kappa shape index (κ3) is 5.83. The van der Waals surface area contributed by atoms with E-state index in [0.717, 1.165) is 17.8 Å². The first kappa shape index (κ1) is 17.2. The molecule has 1 amide bonds. The largest absolute Gasteiger partial charge is 0.484 e. The van der Waals surface area contributed by atoms with Crippen LogP contribution in [-0.2, 0) is 4.79 Å². The number of carbonyl (C=O) groups excluding carboxylic acids is 1. The zero-order valence-corrected chi connectivity index (χ0v) is 14.1. The standard InChI is InChI=1S/C18H21ClN2O2/c1-3-13(2)20-15-6-8-16(9-7-15)21-18(22)12-23-17-10-4-14(19)5-11-17/h4-11,13,20H,3,12H2,1-2H3,(H,21,22). The summed E-state index contributed by atoms with van der Waals surface area (Å²) in [6, 6.07) is 14.9. The zero-order chi connectivity index (χ0) is 16.7. The van der Waals surface area contributed by atoms with Crippen LogP contribution >= 0.6 is 11.6 Å². The van der Waals surface area contributed by atoms with E-state index in [1.807, 2.05) is 24.3 Å². The van der Waals surface area contributed by atoms with Crippen LogP contribution in [0.25, 0.3) is 0 Å². The first-order valence-electron chi connectivity index (χ1n) is 7.61. The van der Waals surface area contributed by atoms with E-state index in [0.29, 0.717) is 16.8 Å². The van der Waals surface area contributed by atoms with E-state index in [4.69, 9.17) is 16.3 Å². The van der Waals surface area contributed by atoms with Crippen LogP contribution in [0.3, 0.4) is 0 Å². The molecule has 122 valence electrons. The van der Waals surface area contributed by atoms with E-state index in [-0.39, 0.29) is 12.5 Å². The second-order valence-corrected chi connectivity index (χ2v) is 5.76. The third-order valence-electron chi connectivity index (χ3n) is 3.38. The van der Waals surface area contributed by atoms with Crippen molar-refractivity contribution in [2.45, 2.75) is 26.3 Å². The Morgan fingerprint density at radius 3 is 2.30 bits per heavy atom. The number of nitrogens with one attached hydrogen (secondary N) is 2. The van der Waals surface area contributed by atoms with E-state index in [9.17, 15) is 4.79 Å². The molecule has 23 heavy (non-hydrogen) atoms. The molecule has 0 fully saturated rings. The van der Waals surface area contributed by atoms with Gasteiger partial charge >= 0.3 is 0 Å². The predicted molar refractivity (Wildman–Crippen MR) is 95.4 cm³/mol. The lowest BCUT2D eigenvalue weighted by atomic mass is 10.2. The minimum absolute atomic E-state index is 0.0471. The molecule has 5 heteroatoms. The number of hydrogen-bond donors (Lipinski definition) is 2. The van der Waals surface area contributed by atoms with Gasteiger partial charge in [0.2, 0.25) is 0 Å². The number of hydrogen-bond acceptors (Lipinski definition) is 3. The van der Waals surface area contributed by atoms with Gasteiger partial charge in [-0.2, -0.15) is 0 Å². The van der Waals surface area contributed by atoms with E-state index in [1.165, 1.54) is 0 Å². The maximum Gasteiger partial charge on any atom is 0.262 e. The molecule has 0 aliphatic heterocycles. The number of carbonyl (C=O) groups is 1. The predicted octanol–water partition coefficient (Wildman–Crippen LogP) is 4.57. The lowest BCUT2D eigenvalue weighted by Gasteiger charge is -2.13. The van der Waals surface area contributed by atoms with Crippen molar-refractivity contribution in [1.82, 2.24) is 0 Å².